The first-order valence-electron chi connectivity index (χ1n) is 10.9. The third-order valence-corrected chi connectivity index (χ3v) is 5.69. The zero-order valence-corrected chi connectivity index (χ0v) is 19.2. The van der Waals surface area contributed by atoms with Crippen LogP contribution in [0.1, 0.15) is 43.5 Å². The van der Waals surface area contributed by atoms with Gasteiger partial charge >= 0.3 is 0 Å². The lowest BCUT2D eigenvalue weighted by Crippen LogP contribution is -2.36. The van der Waals surface area contributed by atoms with E-state index in [1.807, 2.05) is 48.1 Å². The van der Waals surface area contributed by atoms with Crippen LogP contribution in [0.2, 0.25) is 0 Å². The van der Waals surface area contributed by atoms with Gasteiger partial charge in [-0.25, -0.2) is 5.01 Å². The molecule has 1 N–H and O–H groups in total. The maximum atomic E-state index is 10.4. The summed E-state index contributed by atoms with van der Waals surface area (Å²) in [5, 5.41) is 26.0. The number of hydrogen-bond donors (Lipinski definition) is 1. The van der Waals surface area contributed by atoms with E-state index in [2.05, 4.69) is 48.4 Å². The summed E-state index contributed by atoms with van der Waals surface area (Å²) in [7, 11) is 1.68. The molecule has 0 aliphatic carbocycles. The monoisotopic (exact) mass is 434 g/mol. The Labute approximate surface area is 188 Å². The molecule has 8 nitrogen and oxygen atoms in total. The van der Waals surface area contributed by atoms with Crippen LogP contribution >= 0.6 is 0 Å². The molecule has 32 heavy (non-hydrogen) atoms. The van der Waals surface area contributed by atoms with Gasteiger partial charge < -0.3 is 9.84 Å². The molecule has 3 aromatic rings. The van der Waals surface area contributed by atoms with Crippen molar-refractivity contribution < 1.29 is 9.84 Å². The Morgan fingerprint density at radius 1 is 1.12 bits per heavy atom. The van der Waals surface area contributed by atoms with Crippen molar-refractivity contribution in [3.05, 3.63) is 65.4 Å². The third-order valence-electron chi connectivity index (χ3n) is 5.69. The number of nitrogens with zero attached hydrogens (tertiary/aromatic N) is 6. The maximum Gasteiger partial charge on any atom is 0.245 e. The molecule has 1 aliphatic heterocycles. The van der Waals surface area contributed by atoms with Crippen LogP contribution in [-0.2, 0) is 13.0 Å². The summed E-state index contributed by atoms with van der Waals surface area (Å²) in [6, 6.07) is 14.5. The average Bonchev–Trinajstić information content (AvgIpc) is 3.40. The Morgan fingerprint density at radius 3 is 2.56 bits per heavy atom. The van der Waals surface area contributed by atoms with E-state index < -0.39 is 6.35 Å². The second-order valence-corrected chi connectivity index (χ2v) is 8.26. The molecule has 8 heteroatoms. The molecule has 4 rings (SSSR count). The average molecular weight is 435 g/mol. The SMILES string of the molecule is CCc1cccc(N2N=NN(C)C2O)c1COc1ccc(-c2ccn(C(C)C)n2)cc1C. The van der Waals surface area contributed by atoms with Crippen molar-refractivity contribution >= 4 is 5.69 Å². The van der Waals surface area contributed by atoms with E-state index in [-0.39, 0.29) is 0 Å². The van der Waals surface area contributed by atoms with Gasteiger partial charge in [-0.3, -0.25) is 4.68 Å². The molecule has 0 amide bonds. The fourth-order valence-corrected chi connectivity index (χ4v) is 3.76. The molecule has 0 bridgehead atoms. The Bertz CT molecular complexity index is 1120. The first-order chi connectivity index (χ1) is 15.4. The third kappa shape index (κ3) is 4.18. The predicted molar refractivity (Wildman–Crippen MR) is 124 cm³/mol. The van der Waals surface area contributed by atoms with Crippen molar-refractivity contribution in [1.82, 2.24) is 14.8 Å². The van der Waals surface area contributed by atoms with E-state index in [0.717, 1.165) is 45.8 Å². The molecule has 0 saturated carbocycles. The molecule has 168 valence electrons. The first kappa shape index (κ1) is 21.8. The highest BCUT2D eigenvalue weighted by Crippen LogP contribution is 2.32. The number of aryl methyl sites for hydroxylation is 2. The minimum Gasteiger partial charge on any atom is -0.489 e. The topological polar surface area (TPSA) is 78.5 Å². The van der Waals surface area contributed by atoms with Crippen molar-refractivity contribution in [3.63, 3.8) is 0 Å². The molecule has 1 unspecified atom stereocenters. The standard InChI is InChI=1S/C24H30N6O2/c1-6-18-8-7-9-22(30-24(31)28(5)26-27-30)20(18)15-32-23-11-10-19(14-17(23)4)21-12-13-29(25-21)16(2)3/h7-14,16,24,31H,6,15H2,1-5H3. The lowest BCUT2D eigenvalue weighted by Gasteiger charge is -2.24. The van der Waals surface area contributed by atoms with Gasteiger partial charge in [0.15, 0.2) is 0 Å². The summed E-state index contributed by atoms with van der Waals surface area (Å²) in [6.07, 6.45) is 1.91. The van der Waals surface area contributed by atoms with E-state index in [4.69, 9.17) is 4.74 Å². The van der Waals surface area contributed by atoms with Crippen LogP contribution < -0.4 is 9.75 Å². The Kier molecular flexibility index (Phi) is 6.14. The zero-order valence-electron chi connectivity index (χ0n) is 19.2. The minimum absolute atomic E-state index is 0.328. The smallest absolute Gasteiger partial charge is 0.245 e. The Morgan fingerprint density at radius 2 is 1.94 bits per heavy atom. The maximum absolute atomic E-state index is 10.4. The summed E-state index contributed by atoms with van der Waals surface area (Å²) in [6.45, 7) is 8.74. The molecule has 2 aromatic carbocycles. The Balaban J connectivity index is 1.56. The molecular weight excluding hydrogens is 404 g/mol. The van der Waals surface area contributed by atoms with E-state index >= 15 is 0 Å². The summed E-state index contributed by atoms with van der Waals surface area (Å²) >= 11 is 0. The van der Waals surface area contributed by atoms with Gasteiger partial charge in [0.25, 0.3) is 0 Å². The molecule has 2 heterocycles. The van der Waals surface area contributed by atoms with Crippen LogP contribution in [-0.4, -0.2) is 33.3 Å². The first-order valence-corrected chi connectivity index (χ1v) is 10.9. The summed E-state index contributed by atoms with van der Waals surface area (Å²) in [4.78, 5) is 0. The second-order valence-electron chi connectivity index (χ2n) is 8.26. The van der Waals surface area contributed by atoms with Gasteiger partial charge in [-0.05, 0) is 79.1 Å². The van der Waals surface area contributed by atoms with Gasteiger partial charge in [-0.2, -0.15) is 10.1 Å². The van der Waals surface area contributed by atoms with Gasteiger partial charge in [0, 0.05) is 30.4 Å². The van der Waals surface area contributed by atoms with Crippen molar-refractivity contribution in [3.8, 4) is 17.0 Å². The van der Waals surface area contributed by atoms with Gasteiger partial charge in [0.2, 0.25) is 6.35 Å². The second kappa shape index (κ2) is 9.00. The number of ether oxygens (including phenoxy) is 1. The van der Waals surface area contributed by atoms with Crippen LogP contribution in [0.3, 0.4) is 0 Å². The predicted octanol–water partition coefficient (Wildman–Crippen LogP) is 4.89. The Hall–Kier alpha value is -3.39. The normalized spacial score (nSPS) is 15.8. The van der Waals surface area contributed by atoms with Gasteiger partial charge in [-0.1, -0.05) is 19.1 Å². The number of aliphatic hydroxyl groups excluding tert-OH is 1. The fourth-order valence-electron chi connectivity index (χ4n) is 3.76. The molecular formula is C24H30N6O2. The largest absolute Gasteiger partial charge is 0.489 e. The quantitative estimate of drug-likeness (QED) is 0.573. The van der Waals surface area contributed by atoms with Gasteiger partial charge in [-0.15, -0.1) is 0 Å². The highest BCUT2D eigenvalue weighted by Gasteiger charge is 2.28. The van der Waals surface area contributed by atoms with Crippen molar-refractivity contribution in [1.29, 1.82) is 0 Å². The van der Waals surface area contributed by atoms with Crippen molar-refractivity contribution in [2.24, 2.45) is 10.4 Å². The summed E-state index contributed by atoms with van der Waals surface area (Å²) in [5.41, 5.74) is 5.98. The van der Waals surface area contributed by atoms with Gasteiger partial charge in [0.05, 0.1) is 11.4 Å². The summed E-state index contributed by atoms with van der Waals surface area (Å²) in [5.74, 6) is 0.814. The van der Waals surface area contributed by atoms with Crippen LogP contribution in [0.15, 0.2) is 59.1 Å². The molecule has 0 radical (unpaired) electrons. The molecule has 0 saturated heterocycles. The van der Waals surface area contributed by atoms with Gasteiger partial charge in [0.1, 0.15) is 12.4 Å². The number of benzene rings is 2. The van der Waals surface area contributed by atoms with Crippen molar-refractivity contribution in [2.75, 3.05) is 12.1 Å². The molecule has 1 atom stereocenters. The number of aliphatic hydroxyl groups is 1. The highest BCUT2D eigenvalue weighted by molar-refractivity contribution is 5.62. The van der Waals surface area contributed by atoms with Crippen molar-refractivity contribution in [2.45, 2.75) is 53.1 Å². The van der Waals surface area contributed by atoms with E-state index in [9.17, 15) is 5.11 Å². The van der Waals surface area contributed by atoms with E-state index in [0.29, 0.717) is 12.6 Å². The molecule has 0 fully saturated rings. The minimum atomic E-state index is -0.937. The molecule has 1 aliphatic rings. The summed E-state index contributed by atoms with van der Waals surface area (Å²) < 4.78 is 8.20. The zero-order chi connectivity index (χ0) is 22.8. The highest BCUT2D eigenvalue weighted by atomic mass is 16.5. The van der Waals surface area contributed by atoms with E-state index in [1.165, 1.54) is 10.0 Å². The lowest BCUT2D eigenvalue weighted by atomic mass is 10.0. The molecule has 1 aromatic heterocycles. The van der Waals surface area contributed by atoms with Crippen LogP contribution in [0.5, 0.6) is 5.75 Å². The van der Waals surface area contributed by atoms with Crippen LogP contribution in [0.25, 0.3) is 11.3 Å². The number of aromatic nitrogens is 2. The van der Waals surface area contributed by atoms with Crippen LogP contribution in [0, 0.1) is 6.92 Å². The number of hydrogen-bond acceptors (Lipinski definition) is 7. The lowest BCUT2D eigenvalue weighted by molar-refractivity contribution is 0.0456. The molecule has 0 spiro atoms. The van der Waals surface area contributed by atoms with E-state index in [1.54, 1.807) is 7.05 Å². The van der Waals surface area contributed by atoms with Crippen LogP contribution in [0.4, 0.5) is 5.69 Å². The number of anilines is 1. The number of rotatable bonds is 7. The fraction of sp³-hybridized carbons (Fsp3) is 0.375.